The molecule has 0 bridgehead atoms. The molecule has 2 aliphatic rings. The smallest absolute Gasteiger partial charge is 0.141 e. The Labute approximate surface area is 89.2 Å². The zero-order valence-corrected chi connectivity index (χ0v) is 8.79. The van der Waals surface area contributed by atoms with Gasteiger partial charge < -0.3 is 24.9 Å². The van der Waals surface area contributed by atoms with Crippen molar-refractivity contribution in [3.8, 4) is 0 Å². The van der Waals surface area contributed by atoms with E-state index in [1.54, 1.807) is 0 Å². The first kappa shape index (κ1) is 11.3. The summed E-state index contributed by atoms with van der Waals surface area (Å²) in [4.78, 5) is 0. The summed E-state index contributed by atoms with van der Waals surface area (Å²) in [5.74, 6) is 0. The molecule has 0 aromatic heterocycles. The largest absolute Gasteiger partial charge is 0.390 e. The minimum atomic E-state index is -1.12. The van der Waals surface area contributed by atoms with Crippen molar-refractivity contribution in [1.29, 1.82) is 0 Å². The molecule has 88 valence electrons. The molecule has 4 atom stereocenters. The molecular weight excluding hydrogens is 198 g/mol. The molecule has 0 aromatic rings. The second-order valence-corrected chi connectivity index (χ2v) is 4.85. The molecule has 5 heteroatoms. The highest BCUT2D eigenvalue weighted by molar-refractivity contribution is 4.88. The Balaban J connectivity index is 2.22. The van der Waals surface area contributed by atoms with Crippen LogP contribution < -0.4 is 0 Å². The first-order valence-electron chi connectivity index (χ1n) is 5.61. The average molecular weight is 218 g/mol. The predicted octanol–water partition coefficient (Wildman–Crippen LogP) is -1.95. The molecule has 4 N–H and O–H groups in total. The monoisotopic (exact) mass is 218 g/mol. The van der Waals surface area contributed by atoms with E-state index in [0.717, 1.165) is 25.9 Å². The molecule has 0 radical (unpaired) electrons. The molecular formula is C10H20NO4+. The fourth-order valence-corrected chi connectivity index (χ4v) is 3.16. The summed E-state index contributed by atoms with van der Waals surface area (Å²) in [6, 6.07) is -0.342. The maximum Gasteiger partial charge on any atom is 0.141 e. The van der Waals surface area contributed by atoms with E-state index in [9.17, 15) is 20.4 Å². The third-order valence-corrected chi connectivity index (χ3v) is 4.04. The predicted molar refractivity (Wildman–Crippen MR) is 53.0 cm³/mol. The van der Waals surface area contributed by atoms with Crippen molar-refractivity contribution < 1.29 is 24.9 Å². The van der Waals surface area contributed by atoms with Gasteiger partial charge in [-0.1, -0.05) is 0 Å². The van der Waals surface area contributed by atoms with Crippen LogP contribution in [-0.2, 0) is 0 Å². The van der Waals surface area contributed by atoms with E-state index < -0.39 is 18.3 Å². The lowest BCUT2D eigenvalue weighted by Gasteiger charge is -2.49. The summed E-state index contributed by atoms with van der Waals surface area (Å²) in [5.41, 5.74) is 0. The molecule has 15 heavy (non-hydrogen) atoms. The molecule has 0 aromatic carbocycles. The fraction of sp³-hybridized carbons (Fsp3) is 1.00. The van der Waals surface area contributed by atoms with E-state index in [4.69, 9.17) is 0 Å². The molecule has 0 amide bonds. The first-order valence-corrected chi connectivity index (χ1v) is 5.61. The summed E-state index contributed by atoms with van der Waals surface area (Å²) in [6.07, 6.45) is -0.887. The number of hydrogen-bond acceptors (Lipinski definition) is 4. The minimum Gasteiger partial charge on any atom is -0.390 e. The second kappa shape index (κ2) is 3.99. The van der Waals surface area contributed by atoms with Crippen LogP contribution in [0.4, 0.5) is 0 Å². The van der Waals surface area contributed by atoms with Gasteiger partial charge in [0.1, 0.15) is 30.9 Å². The van der Waals surface area contributed by atoms with Crippen LogP contribution >= 0.6 is 0 Å². The third-order valence-electron chi connectivity index (χ3n) is 4.04. The van der Waals surface area contributed by atoms with Crippen LogP contribution in [0.2, 0.25) is 0 Å². The van der Waals surface area contributed by atoms with E-state index in [2.05, 4.69) is 0 Å². The van der Waals surface area contributed by atoms with Gasteiger partial charge >= 0.3 is 0 Å². The van der Waals surface area contributed by atoms with Crippen molar-refractivity contribution in [3.05, 3.63) is 0 Å². The molecule has 2 heterocycles. The van der Waals surface area contributed by atoms with Gasteiger partial charge in [0, 0.05) is 12.8 Å². The number of rotatable bonds is 1. The molecule has 5 nitrogen and oxygen atoms in total. The fourth-order valence-electron chi connectivity index (χ4n) is 3.16. The van der Waals surface area contributed by atoms with Gasteiger partial charge in [-0.2, -0.15) is 0 Å². The van der Waals surface area contributed by atoms with E-state index in [0.29, 0.717) is 11.0 Å². The minimum absolute atomic E-state index is 0.134. The van der Waals surface area contributed by atoms with Crippen LogP contribution in [0, 0.1) is 0 Å². The van der Waals surface area contributed by atoms with Crippen LogP contribution in [0.1, 0.15) is 12.8 Å². The van der Waals surface area contributed by atoms with Crippen LogP contribution in [0.3, 0.4) is 0 Å². The van der Waals surface area contributed by atoms with Crippen molar-refractivity contribution in [2.45, 2.75) is 37.2 Å². The molecule has 2 saturated heterocycles. The Morgan fingerprint density at radius 1 is 1.00 bits per heavy atom. The lowest BCUT2D eigenvalue weighted by atomic mass is 9.92. The lowest BCUT2D eigenvalue weighted by Crippen LogP contribution is -2.71. The van der Waals surface area contributed by atoms with Gasteiger partial charge in [0.2, 0.25) is 0 Å². The number of piperidine rings is 1. The first-order chi connectivity index (χ1) is 7.10. The normalized spacial score (nSPS) is 44.8. The molecule has 2 rings (SSSR count). The highest BCUT2D eigenvalue weighted by Crippen LogP contribution is 2.31. The van der Waals surface area contributed by atoms with E-state index in [-0.39, 0.29) is 12.6 Å². The highest BCUT2D eigenvalue weighted by atomic mass is 16.4. The van der Waals surface area contributed by atoms with Crippen molar-refractivity contribution in [1.82, 2.24) is 0 Å². The van der Waals surface area contributed by atoms with Gasteiger partial charge in [0.25, 0.3) is 0 Å². The summed E-state index contributed by atoms with van der Waals surface area (Å²) in [7, 11) is 0. The Morgan fingerprint density at radius 2 is 1.60 bits per heavy atom. The molecule has 0 unspecified atom stereocenters. The molecule has 1 spiro atoms. The number of nitrogens with zero attached hydrogens (tertiary/aromatic N) is 1. The van der Waals surface area contributed by atoms with Crippen LogP contribution in [-0.4, -0.2) is 75.5 Å². The summed E-state index contributed by atoms with van der Waals surface area (Å²) in [6.45, 7) is 2.08. The quantitative estimate of drug-likeness (QED) is 0.386. The van der Waals surface area contributed by atoms with Gasteiger partial charge in [0.15, 0.2) is 0 Å². The number of aliphatic hydroxyl groups excluding tert-OH is 4. The van der Waals surface area contributed by atoms with Crippen molar-refractivity contribution in [3.63, 3.8) is 0 Å². The third kappa shape index (κ3) is 1.68. The number of aliphatic hydroxyl groups is 4. The summed E-state index contributed by atoms with van der Waals surface area (Å²) in [5, 5.41) is 38.4. The molecule has 0 aliphatic carbocycles. The molecule has 0 saturated carbocycles. The molecule has 2 fully saturated rings. The number of hydrogen-bond donors (Lipinski definition) is 4. The van der Waals surface area contributed by atoms with Gasteiger partial charge in [-0.25, -0.2) is 0 Å². The summed E-state index contributed by atoms with van der Waals surface area (Å²) >= 11 is 0. The van der Waals surface area contributed by atoms with E-state index in [1.807, 2.05) is 0 Å². The van der Waals surface area contributed by atoms with E-state index >= 15 is 0 Å². The average Bonchev–Trinajstić information content (AvgIpc) is 2.65. The van der Waals surface area contributed by atoms with Crippen LogP contribution in [0.15, 0.2) is 0 Å². The van der Waals surface area contributed by atoms with Crippen LogP contribution in [0.25, 0.3) is 0 Å². The SMILES string of the molecule is OC[C@@H]1[C@@H](O)[C@H](O)[C@@H](O)C[N+]12CCCC2. The van der Waals surface area contributed by atoms with Crippen molar-refractivity contribution in [2.75, 3.05) is 26.2 Å². The van der Waals surface area contributed by atoms with Gasteiger partial charge in [0.05, 0.1) is 19.7 Å². The van der Waals surface area contributed by atoms with E-state index in [1.165, 1.54) is 0 Å². The highest BCUT2D eigenvalue weighted by Gasteiger charge is 2.53. The Hall–Kier alpha value is -0.200. The Bertz CT molecular complexity index is 229. The standard InChI is InChI=1S/C10H20NO4/c12-6-7-9(14)10(15)8(13)5-11(7)3-1-2-4-11/h7-10,12-15H,1-6H2/q+1/t7-,8+,9-,10-/m1/s1. The van der Waals surface area contributed by atoms with Crippen molar-refractivity contribution in [2.24, 2.45) is 0 Å². The topological polar surface area (TPSA) is 80.9 Å². The van der Waals surface area contributed by atoms with Gasteiger partial charge in [-0.05, 0) is 0 Å². The zero-order chi connectivity index (χ0) is 11.1. The second-order valence-electron chi connectivity index (χ2n) is 4.85. The lowest BCUT2D eigenvalue weighted by molar-refractivity contribution is -0.953. The molecule has 2 aliphatic heterocycles. The van der Waals surface area contributed by atoms with Crippen molar-refractivity contribution >= 4 is 0 Å². The maximum atomic E-state index is 9.85. The Kier molecular flexibility index (Phi) is 3.00. The zero-order valence-electron chi connectivity index (χ0n) is 8.79. The Morgan fingerprint density at radius 3 is 2.13 bits per heavy atom. The number of quaternary nitrogens is 1. The van der Waals surface area contributed by atoms with Gasteiger partial charge in [-0.3, -0.25) is 0 Å². The van der Waals surface area contributed by atoms with Crippen LogP contribution in [0.5, 0.6) is 0 Å². The van der Waals surface area contributed by atoms with Gasteiger partial charge in [-0.15, -0.1) is 0 Å². The maximum absolute atomic E-state index is 9.85. The summed E-state index contributed by atoms with van der Waals surface area (Å²) < 4.78 is 0.565.